The van der Waals surface area contributed by atoms with E-state index in [9.17, 15) is 19.7 Å². The summed E-state index contributed by atoms with van der Waals surface area (Å²) < 4.78 is 0. The SMILES string of the molecule is CC(C)C(=O)N1c2ccccc2[C@@H](N(C(=O)c2ccccc2)c2ccc([N+](=O)[O-])cc2)C[C@@H]1C. The number of amides is 2. The number of para-hydroxylation sites is 1. The van der Waals surface area contributed by atoms with E-state index in [1.807, 2.05) is 68.1 Å². The molecule has 0 bridgehead atoms. The summed E-state index contributed by atoms with van der Waals surface area (Å²) in [5, 5.41) is 11.2. The maximum atomic E-state index is 13.8. The Morgan fingerprint density at radius 2 is 1.59 bits per heavy atom. The van der Waals surface area contributed by atoms with Crippen molar-refractivity contribution in [1.82, 2.24) is 0 Å². The molecule has 3 aromatic rings. The molecule has 4 rings (SSSR count). The van der Waals surface area contributed by atoms with Crippen LogP contribution in [-0.4, -0.2) is 22.8 Å². The summed E-state index contributed by atoms with van der Waals surface area (Å²) in [6.45, 7) is 5.75. The molecular formula is C27H27N3O4. The summed E-state index contributed by atoms with van der Waals surface area (Å²) >= 11 is 0. The number of fused-ring (bicyclic) bond motifs is 1. The van der Waals surface area contributed by atoms with Gasteiger partial charge in [-0.15, -0.1) is 0 Å². The van der Waals surface area contributed by atoms with Crippen LogP contribution in [-0.2, 0) is 4.79 Å². The van der Waals surface area contributed by atoms with Crippen LogP contribution >= 0.6 is 0 Å². The predicted molar refractivity (Wildman–Crippen MR) is 132 cm³/mol. The van der Waals surface area contributed by atoms with Crippen molar-refractivity contribution in [1.29, 1.82) is 0 Å². The lowest BCUT2D eigenvalue weighted by atomic mass is 9.88. The van der Waals surface area contributed by atoms with Crippen LogP contribution in [0.25, 0.3) is 0 Å². The Bertz CT molecular complexity index is 1210. The zero-order chi connectivity index (χ0) is 24.4. The second-order valence-corrected chi connectivity index (χ2v) is 8.84. The number of carbonyl (C=O) groups is 2. The number of non-ortho nitro benzene ring substituents is 1. The molecule has 3 aromatic carbocycles. The Hall–Kier alpha value is -4.00. The van der Waals surface area contributed by atoms with Crippen LogP contribution in [0.2, 0.25) is 0 Å². The normalized spacial score (nSPS) is 17.2. The minimum absolute atomic E-state index is 0.0367. The van der Waals surface area contributed by atoms with E-state index in [-0.39, 0.29) is 35.5 Å². The monoisotopic (exact) mass is 457 g/mol. The molecule has 0 spiro atoms. The Morgan fingerprint density at radius 3 is 2.21 bits per heavy atom. The molecule has 1 aliphatic heterocycles. The van der Waals surface area contributed by atoms with Crippen LogP contribution in [0.4, 0.5) is 17.1 Å². The lowest BCUT2D eigenvalue weighted by Crippen LogP contribution is -2.49. The summed E-state index contributed by atoms with van der Waals surface area (Å²) in [5.74, 6) is -0.330. The third-order valence-electron chi connectivity index (χ3n) is 6.18. The van der Waals surface area contributed by atoms with E-state index < -0.39 is 4.92 Å². The number of nitro benzene ring substituents is 1. The molecule has 0 saturated carbocycles. The number of hydrogen-bond acceptors (Lipinski definition) is 4. The predicted octanol–water partition coefficient (Wildman–Crippen LogP) is 5.76. The highest BCUT2D eigenvalue weighted by atomic mass is 16.6. The molecular weight excluding hydrogens is 430 g/mol. The Labute approximate surface area is 198 Å². The van der Waals surface area contributed by atoms with E-state index in [2.05, 4.69) is 0 Å². The second kappa shape index (κ2) is 9.47. The zero-order valence-corrected chi connectivity index (χ0v) is 19.4. The number of anilines is 2. The molecule has 1 aliphatic rings. The number of rotatable bonds is 5. The molecule has 0 fully saturated rings. The molecule has 0 aliphatic carbocycles. The molecule has 174 valence electrons. The van der Waals surface area contributed by atoms with Gasteiger partial charge in [-0.05, 0) is 49.2 Å². The lowest BCUT2D eigenvalue weighted by molar-refractivity contribution is -0.384. The van der Waals surface area contributed by atoms with E-state index in [4.69, 9.17) is 0 Å². The van der Waals surface area contributed by atoms with E-state index in [0.29, 0.717) is 17.7 Å². The van der Waals surface area contributed by atoms with Crippen molar-refractivity contribution in [3.63, 3.8) is 0 Å². The van der Waals surface area contributed by atoms with Gasteiger partial charge in [0, 0.05) is 41.0 Å². The molecule has 2 amide bonds. The third kappa shape index (κ3) is 4.29. The maximum Gasteiger partial charge on any atom is 0.269 e. The van der Waals surface area contributed by atoms with Gasteiger partial charge < -0.3 is 9.80 Å². The van der Waals surface area contributed by atoms with Crippen molar-refractivity contribution in [2.75, 3.05) is 9.80 Å². The lowest BCUT2D eigenvalue weighted by Gasteiger charge is -2.44. The summed E-state index contributed by atoms with van der Waals surface area (Å²) in [6.07, 6.45) is 0.533. The number of hydrogen-bond donors (Lipinski definition) is 0. The molecule has 0 radical (unpaired) electrons. The van der Waals surface area contributed by atoms with Crippen molar-refractivity contribution >= 4 is 28.9 Å². The molecule has 0 saturated heterocycles. The van der Waals surface area contributed by atoms with E-state index in [1.165, 1.54) is 12.1 Å². The largest absolute Gasteiger partial charge is 0.309 e. The Kier molecular flexibility index (Phi) is 6.45. The molecule has 0 aromatic heterocycles. The van der Waals surface area contributed by atoms with Crippen LogP contribution in [0.15, 0.2) is 78.9 Å². The molecule has 7 heteroatoms. The van der Waals surface area contributed by atoms with Crippen molar-refractivity contribution < 1.29 is 14.5 Å². The van der Waals surface area contributed by atoms with Gasteiger partial charge in [0.2, 0.25) is 5.91 Å². The third-order valence-corrected chi connectivity index (χ3v) is 6.18. The summed E-state index contributed by atoms with van der Waals surface area (Å²) in [5.41, 5.74) is 2.71. The smallest absolute Gasteiger partial charge is 0.269 e. The molecule has 34 heavy (non-hydrogen) atoms. The molecule has 0 unspecified atom stereocenters. The first-order chi connectivity index (χ1) is 16.3. The summed E-state index contributed by atoms with van der Waals surface area (Å²) in [6, 6.07) is 22.2. The molecule has 7 nitrogen and oxygen atoms in total. The number of nitro groups is 1. The highest BCUT2D eigenvalue weighted by molar-refractivity contribution is 6.07. The zero-order valence-electron chi connectivity index (χ0n) is 19.4. The van der Waals surface area contributed by atoms with Gasteiger partial charge in [-0.2, -0.15) is 0 Å². The van der Waals surface area contributed by atoms with Crippen molar-refractivity contribution in [2.45, 2.75) is 39.3 Å². The molecule has 1 heterocycles. The minimum atomic E-state index is -0.458. The van der Waals surface area contributed by atoms with Gasteiger partial charge >= 0.3 is 0 Å². The fraction of sp³-hybridized carbons (Fsp3) is 0.259. The molecule has 0 N–H and O–H groups in total. The topological polar surface area (TPSA) is 83.8 Å². The average molecular weight is 458 g/mol. The fourth-order valence-corrected chi connectivity index (χ4v) is 4.53. The van der Waals surface area contributed by atoms with Gasteiger partial charge in [-0.1, -0.05) is 50.2 Å². The van der Waals surface area contributed by atoms with Crippen LogP contribution in [0.5, 0.6) is 0 Å². The van der Waals surface area contributed by atoms with E-state index >= 15 is 0 Å². The van der Waals surface area contributed by atoms with Crippen LogP contribution in [0, 0.1) is 16.0 Å². The van der Waals surface area contributed by atoms with Crippen molar-refractivity contribution in [3.8, 4) is 0 Å². The first-order valence-corrected chi connectivity index (χ1v) is 11.3. The highest BCUT2D eigenvalue weighted by Gasteiger charge is 2.39. The van der Waals surface area contributed by atoms with E-state index in [0.717, 1.165) is 11.3 Å². The maximum absolute atomic E-state index is 13.8. The van der Waals surface area contributed by atoms with Gasteiger partial charge in [0.05, 0.1) is 11.0 Å². The van der Waals surface area contributed by atoms with Gasteiger partial charge in [0.25, 0.3) is 11.6 Å². The van der Waals surface area contributed by atoms with Crippen LogP contribution in [0.3, 0.4) is 0 Å². The quantitative estimate of drug-likeness (QED) is 0.360. The van der Waals surface area contributed by atoms with Gasteiger partial charge in [-0.3, -0.25) is 19.7 Å². The van der Waals surface area contributed by atoms with Crippen LogP contribution in [0.1, 0.15) is 49.2 Å². The fourth-order valence-electron chi connectivity index (χ4n) is 4.53. The molecule has 2 atom stereocenters. The van der Waals surface area contributed by atoms with Crippen LogP contribution < -0.4 is 9.80 Å². The number of benzene rings is 3. The van der Waals surface area contributed by atoms with Gasteiger partial charge in [-0.25, -0.2) is 0 Å². The van der Waals surface area contributed by atoms with Crippen molar-refractivity contribution in [3.05, 3.63) is 100 Å². The summed E-state index contributed by atoms with van der Waals surface area (Å²) in [4.78, 5) is 41.1. The Morgan fingerprint density at radius 1 is 0.971 bits per heavy atom. The standard InChI is InChI=1S/C27H27N3O4/c1-18(2)26(31)28-19(3)17-25(23-11-7-8-12-24(23)28)29(27(32)20-9-5-4-6-10-20)21-13-15-22(16-14-21)30(33)34/h4-16,18-19,25H,17H2,1-3H3/t19-,25-/m0/s1. The minimum Gasteiger partial charge on any atom is -0.309 e. The Balaban J connectivity index is 1.85. The van der Waals surface area contributed by atoms with E-state index in [1.54, 1.807) is 29.2 Å². The number of nitrogens with zero attached hydrogens (tertiary/aromatic N) is 3. The van der Waals surface area contributed by atoms with Crippen molar-refractivity contribution in [2.24, 2.45) is 5.92 Å². The number of carbonyl (C=O) groups excluding carboxylic acids is 2. The van der Waals surface area contributed by atoms with Gasteiger partial charge in [0.15, 0.2) is 0 Å². The average Bonchev–Trinajstić information content (AvgIpc) is 2.84. The second-order valence-electron chi connectivity index (χ2n) is 8.84. The first kappa shape index (κ1) is 23.2. The summed E-state index contributed by atoms with van der Waals surface area (Å²) in [7, 11) is 0. The van der Waals surface area contributed by atoms with Gasteiger partial charge in [0.1, 0.15) is 0 Å². The highest BCUT2D eigenvalue weighted by Crippen LogP contribution is 2.43. The first-order valence-electron chi connectivity index (χ1n) is 11.3.